The molecule has 0 aromatic heterocycles. The van der Waals surface area contributed by atoms with Gasteiger partial charge in [-0.05, 0) is 55.3 Å². The van der Waals surface area contributed by atoms with Gasteiger partial charge < -0.3 is 9.64 Å². The van der Waals surface area contributed by atoms with Crippen LogP contribution in [0.5, 0.6) is 0 Å². The highest BCUT2D eigenvalue weighted by atomic mass is 79.9. The monoisotopic (exact) mass is 361 g/mol. The van der Waals surface area contributed by atoms with Crippen LogP contribution in [0, 0.1) is 11.6 Å². The van der Waals surface area contributed by atoms with Crippen molar-refractivity contribution in [3.05, 3.63) is 33.8 Å². The van der Waals surface area contributed by atoms with Gasteiger partial charge in [0.25, 0.3) is 0 Å². The average Bonchev–Trinajstić information content (AvgIpc) is 2.82. The number of amides is 1. The zero-order chi connectivity index (χ0) is 15.8. The summed E-state index contributed by atoms with van der Waals surface area (Å²) in [6, 6.07) is 2.58. The van der Waals surface area contributed by atoms with E-state index in [2.05, 4.69) is 15.9 Å². The standard InChI is InChI=1S/C15H18BrF2NO2/c1-15(2,3)21-14(20)19-7-6-9(8-19)12-11(17)5-4-10(16)13(12)18/h4-5,9H,6-8H2,1-3H3. The molecule has 1 heterocycles. The first kappa shape index (κ1) is 16.2. The fourth-order valence-corrected chi connectivity index (χ4v) is 2.75. The number of carbonyl (C=O) groups excluding carboxylic acids is 1. The van der Waals surface area contributed by atoms with E-state index in [1.54, 1.807) is 20.8 Å². The Morgan fingerprint density at radius 2 is 2.05 bits per heavy atom. The van der Waals surface area contributed by atoms with E-state index in [0.29, 0.717) is 13.0 Å². The summed E-state index contributed by atoms with van der Waals surface area (Å²) < 4.78 is 33.5. The van der Waals surface area contributed by atoms with Crippen molar-refractivity contribution >= 4 is 22.0 Å². The zero-order valence-corrected chi connectivity index (χ0v) is 13.8. The average molecular weight is 362 g/mol. The maximum absolute atomic E-state index is 14.1. The van der Waals surface area contributed by atoms with E-state index in [1.165, 1.54) is 17.0 Å². The lowest BCUT2D eigenvalue weighted by molar-refractivity contribution is 0.0292. The minimum absolute atomic E-state index is 0.0374. The quantitative estimate of drug-likeness (QED) is 0.691. The van der Waals surface area contributed by atoms with E-state index in [1.807, 2.05) is 0 Å². The van der Waals surface area contributed by atoms with Crippen molar-refractivity contribution in [2.24, 2.45) is 0 Å². The Morgan fingerprint density at radius 1 is 1.38 bits per heavy atom. The number of likely N-dealkylation sites (tertiary alicyclic amines) is 1. The molecule has 1 aliphatic rings. The third-order valence-corrected chi connectivity index (χ3v) is 3.94. The van der Waals surface area contributed by atoms with Gasteiger partial charge in [0.2, 0.25) is 0 Å². The minimum atomic E-state index is -0.592. The van der Waals surface area contributed by atoms with Crippen molar-refractivity contribution in [1.82, 2.24) is 4.90 Å². The summed E-state index contributed by atoms with van der Waals surface area (Å²) in [6.07, 6.45) is 0.0737. The summed E-state index contributed by atoms with van der Waals surface area (Å²) in [4.78, 5) is 13.5. The molecule has 1 amide bonds. The summed E-state index contributed by atoms with van der Waals surface area (Å²) in [5.74, 6) is -1.52. The molecule has 0 N–H and O–H groups in total. The van der Waals surface area contributed by atoms with Crippen LogP contribution in [0.25, 0.3) is 0 Å². The zero-order valence-electron chi connectivity index (χ0n) is 12.3. The minimum Gasteiger partial charge on any atom is -0.444 e. The molecular formula is C15H18BrF2NO2. The first-order valence-corrected chi connectivity index (χ1v) is 7.59. The van der Waals surface area contributed by atoms with Gasteiger partial charge in [0, 0.05) is 24.6 Å². The molecule has 2 rings (SSSR count). The number of halogens is 3. The summed E-state index contributed by atoms with van der Waals surface area (Å²) in [5, 5.41) is 0. The molecular weight excluding hydrogens is 344 g/mol. The lowest BCUT2D eigenvalue weighted by atomic mass is 9.97. The third kappa shape index (κ3) is 3.73. The normalized spacial score (nSPS) is 19.0. The smallest absolute Gasteiger partial charge is 0.410 e. The van der Waals surface area contributed by atoms with Gasteiger partial charge in [0.15, 0.2) is 0 Å². The van der Waals surface area contributed by atoms with Crippen LogP contribution in [0.4, 0.5) is 13.6 Å². The first-order chi connectivity index (χ1) is 9.69. The van der Waals surface area contributed by atoms with Crippen LogP contribution in [0.2, 0.25) is 0 Å². The van der Waals surface area contributed by atoms with Crippen molar-refractivity contribution in [3.63, 3.8) is 0 Å². The summed E-state index contributed by atoms with van der Waals surface area (Å²) in [5.41, 5.74) is -0.544. The number of hydrogen-bond donors (Lipinski definition) is 0. The van der Waals surface area contributed by atoms with Crippen molar-refractivity contribution in [1.29, 1.82) is 0 Å². The Hall–Kier alpha value is -1.17. The predicted octanol–water partition coefficient (Wildman–Crippen LogP) is 4.45. The molecule has 6 heteroatoms. The van der Waals surface area contributed by atoms with Crippen molar-refractivity contribution < 1.29 is 18.3 Å². The first-order valence-electron chi connectivity index (χ1n) is 6.80. The van der Waals surface area contributed by atoms with E-state index >= 15 is 0 Å². The largest absolute Gasteiger partial charge is 0.444 e. The highest BCUT2D eigenvalue weighted by Gasteiger charge is 2.33. The van der Waals surface area contributed by atoms with Crippen LogP contribution in [0.1, 0.15) is 38.7 Å². The van der Waals surface area contributed by atoms with Gasteiger partial charge in [-0.2, -0.15) is 0 Å². The van der Waals surface area contributed by atoms with Crippen molar-refractivity contribution in [2.45, 2.75) is 38.7 Å². The fourth-order valence-electron chi connectivity index (χ4n) is 2.41. The number of carbonyl (C=O) groups is 1. The second-order valence-electron chi connectivity index (χ2n) is 6.17. The van der Waals surface area contributed by atoms with Crippen LogP contribution in [0.15, 0.2) is 16.6 Å². The van der Waals surface area contributed by atoms with E-state index in [-0.39, 0.29) is 22.5 Å². The van der Waals surface area contributed by atoms with Gasteiger partial charge in [-0.3, -0.25) is 0 Å². The molecule has 1 unspecified atom stereocenters. The van der Waals surface area contributed by atoms with Gasteiger partial charge in [-0.25, -0.2) is 13.6 Å². The molecule has 0 radical (unpaired) electrons. The fraction of sp³-hybridized carbons (Fsp3) is 0.533. The van der Waals surface area contributed by atoms with E-state index in [4.69, 9.17) is 4.74 Å². The van der Waals surface area contributed by atoms with Crippen molar-refractivity contribution in [3.8, 4) is 0 Å². The molecule has 1 saturated heterocycles. The molecule has 1 fully saturated rings. The number of ether oxygens (including phenoxy) is 1. The van der Waals surface area contributed by atoms with Gasteiger partial charge >= 0.3 is 6.09 Å². The maximum Gasteiger partial charge on any atom is 0.410 e. The molecule has 0 spiro atoms. The highest BCUT2D eigenvalue weighted by Crippen LogP contribution is 2.34. The summed E-state index contributed by atoms with van der Waals surface area (Å²) in [6.45, 7) is 6.05. The number of rotatable bonds is 1. The van der Waals surface area contributed by atoms with Crippen molar-refractivity contribution in [2.75, 3.05) is 13.1 Å². The summed E-state index contributed by atoms with van der Waals surface area (Å²) >= 11 is 3.06. The Labute approximate surface area is 131 Å². The topological polar surface area (TPSA) is 29.5 Å². The number of nitrogens with zero attached hydrogens (tertiary/aromatic N) is 1. The van der Waals surface area contributed by atoms with Gasteiger partial charge in [-0.1, -0.05) is 0 Å². The number of benzene rings is 1. The predicted molar refractivity (Wildman–Crippen MR) is 79.2 cm³/mol. The lowest BCUT2D eigenvalue weighted by Crippen LogP contribution is -2.35. The third-order valence-electron chi connectivity index (χ3n) is 3.33. The molecule has 1 atom stereocenters. The Kier molecular flexibility index (Phi) is 4.56. The van der Waals surface area contributed by atoms with E-state index in [0.717, 1.165) is 0 Å². The highest BCUT2D eigenvalue weighted by molar-refractivity contribution is 9.10. The molecule has 116 valence electrons. The molecule has 0 aliphatic carbocycles. The van der Waals surface area contributed by atoms with Crippen LogP contribution in [-0.2, 0) is 4.74 Å². The Bertz CT molecular complexity index is 557. The van der Waals surface area contributed by atoms with Crippen LogP contribution in [0.3, 0.4) is 0 Å². The Morgan fingerprint density at radius 3 is 2.67 bits per heavy atom. The molecule has 1 aromatic rings. The molecule has 0 saturated carbocycles. The molecule has 21 heavy (non-hydrogen) atoms. The lowest BCUT2D eigenvalue weighted by Gasteiger charge is -2.24. The van der Waals surface area contributed by atoms with Gasteiger partial charge in [0.05, 0.1) is 4.47 Å². The van der Waals surface area contributed by atoms with Crippen LogP contribution >= 0.6 is 15.9 Å². The maximum atomic E-state index is 14.1. The second-order valence-corrected chi connectivity index (χ2v) is 7.02. The van der Waals surface area contributed by atoms with Crippen LogP contribution in [-0.4, -0.2) is 29.7 Å². The summed E-state index contributed by atoms with van der Waals surface area (Å²) in [7, 11) is 0. The molecule has 1 aliphatic heterocycles. The molecule has 1 aromatic carbocycles. The van der Waals surface area contributed by atoms with Gasteiger partial charge in [0.1, 0.15) is 17.2 Å². The Balaban J connectivity index is 2.13. The molecule has 0 bridgehead atoms. The van der Waals surface area contributed by atoms with Crippen LogP contribution < -0.4 is 0 Å². The van der Waals surface area contributed by atoms with E-state index < -0.39 is 23.3 Å². The van der Waals surface area contributed by atoms with E-state index in [9.17, 15) is 13.6 Å². The number of hydrogen-bond acceptors (Lipinski definition) is 2. The second kappa shape index (κ2) is 5.91. The molecule has 3 nitrogen and oxygen atoms in total. The van der Waals surface area contributed by atoms with Gasteiger partial charge in [-0.15, -0.1) is 0 Å². The SMILES string of the molecule is CC(C)(C)OC(=O)N1CCC(c2c(F)ccc(Br)c2F)C1.